The molecule has 0 radical (unpaired) electrons. The molecule has 1 aromatic heterocycles. The Balaban J connectivity index is 1.67. The van der Waals surface area contributed by atoms with Crippen LogP contribution >= 0.6 is 0 Å². The zero-order valence-electron chi connectivity index (χ0n) is 14.6. The van der Waals surface area contributed by atoms with Crippen LogP contribution in [0.3, 0.4) is 0 Å². The second kappa shape index (κ2) is 7.22. The minimum absolute atomic E-state index is 0.0529. The van der Waals surface area contributed by atoms with Crippen LogP contribution in [-0.2, 0) is 12.6 Å². The van der Waals surface area contributed by atoms with Crippen LogP contribution in [0.4, 0.5) is 19.2 Å². The van der Waals surface area contributed by atoms with Crippen LogP contribution in [0, 0.1) is 13.8 Å². The molecule has 1 heterocycles. The molecule has 3 rings (SSSR count). The summed E-state index contributed by atoms with van der Waals surface area (Å²) in [5.74, 6) is -0.310. The Labute approximate surface area is 153 Å². The molecule has 0 fully saturated rings. The number of anilines is 1. The molecule has 0 atom stereocenters. The topological polar surface area (TPSA) is 68.0 Å². The fourth-order valence-corrected chi connectivity index (χ4v) is 2.56. The van der Waals surface area contributed by atoms with Crippen molar-refractivity contribution < 1.29 is 22.4 Å². The number of carbonyl (C=O) groups is 1. The third-order valence-corrected chi connectivity index (χ3v) is 4.00. The zero-order valence-corrected chi connectivity index (χ0v) is 14.6. The van der Waals surface area contributed by atoms with Crippen molar-refractivity contribution in [3.8, 4) is 0 Å². The average Bonchev–Trinajstić information content (AvgIpc) is 3.04. The number of alkyl halides is 3. The molecule has 27 heavy (non-hydrogen) atoms. The maximum atomic E-state index is 12.6. The van der Waals surface area contributed by atoms with Gasteiger partial charge >= 0.3 is 12.2 Å². The van der Waals surface area contributed by atoms with Gasteiger partial charge < -0.3 is 4.42 Å². The number of aromatic nitrogens is 2. The lowest BCUT2D eigenvalue weighted by Crippen LogP contribution is -2.13. The summed E-state index contributed by atoms with van der Waals surface area (Å²) in [4.78, 5) is 12.1. The molecule has 8 heteroatoms. The summed E-state index contributed by atoms with van der Waals surface area (Å²) in [6, 6.07) is 9.73. The van der Waals surface area contributed by atoms with E-state index < -0.39 is 17.6 Å². The van der Waals surface area contributed by atoms with Gasteiger partial charge in [-0.3, -0.25) is 10.1 Å². The molecule has 0 unspecified atom stereocenters. The predicted octanol–water partition coefficient (Wildman–Crippen LogP) is 4.55. The van der Waals surface area contributed by atoms with Crippen LogP contribution in [0.5, 0.6) is 0 Å². The molecule has 3 aromatic rings. The number of carbonyl (C=O) groups excluding carboxylic acids is 1. The van der Waals surface area contributed by atoms with E-state index in [0.717, 1.165) is 41.0 Å². The quantitative estimate of drug-likeness (QED) is 0.727. The molecular formula is C19H16F3N3O2. The van der Waals surface area contributed by atoms with Crippen LogP contribution in [-0.4, -0.2) is 16.1 Å². The molecule has 0 saturated carbocycles. The molecule has 0 saturated heterocycles. The lowest BCUT2D eigenvalue weighted by atomic mass is 10.0. The number of hydrogen-bond acceptors (Lipinski definition) is 4. The Morgan fingerprint density at radius 3 is 2.41 bits per heavy atom. The lowest BCUT2D eigenvalue weighted by molar-refractivity contribution is -0.137. The summed E-state index contributed by atoms with van der Waals surface area (Å²) in [6.45, 7) is 3.98. The first-order chi connectivity index (χ1) is 12.7. The van der Waals surface area contributed by atoms with E-state index in [1.807, 2.05) is 32.0 Å². The molecule has 0 aliphatic heterocycles. The van der Waals surface area contributed by atoms with Gasteiger partial charge in [0.05, 0.1) is 12.0 Å². The van der Waals surface area contributed by atoms with E-state index in [-0.39, 0.29) is 11.6 Å². The van der Waals surface area contributed by atoms with Crippen LogP contribution in [0.15, 0.2) is 46.9 Å². The Bertz CT molecular complexity index is 963. The van der Waals surface area contributed by atoms with Gasteiger partial charge in [0.2, 0.25) is 5.89 Å². The van der Waals surface area contributed by atoms with Gasteiger partial charge in [-0.1, -0.05) is 28.9 Å². The third kappa shape index (κ3) is 4.52. The Hall–Kier alpha value is -3.16. The van der Waals surface area contributed by atoms with Gasteiger partial charge in [0, 0.05) is 5.56 Å². The standard InChI is InChI=1S/C19H16F3N3O2/c1-11-3-4-14(12(2)9-11)10-16-24-25-18(27-16)23-17(26)13-5-7-15(8-6-13)19(20,21)22/h3-9H,10H2,1-2H3,(H,23,25,26). The van der Waals surface area contributed by atoms with Crippen LogP contribution in [0.1, 0.15) is 38.5 Å². The van der Waals surface area contributed by atoms with Gasteiger partial charge in [0.25, 0.3) is 5.91 Å². The Morgan fingerprint density at radius 2 is 1.78 bits per heavy atom. The first-order valence-corrected chi connectivity index (χ1v) is 8.09. The molecule has 2 aromatic carbocycles. The molecule has 1 N–H and O–H groups in total. The van der Waals surface area contributed by atoms with Gasteiger partial charge in [0.1, 0.15) is 0 Å². The van der Waals surface area contributed by atoms with Crippen molar-refractivity contribution in [1.82, 2.24) is 10.2 Å². The lowest BCUT2D eigenvalue weighted by Gasteiger charge is -2.07. The number of nitrogens with one attached hydrogen (secondary N) is 1. The molecule has 140 valence electrons. The minimum atomic E-state index is -4.45. The smallest absolute Gasteiger partial charge is 0.407 e. The van der Waals surface area contributed by atoms with E-state index in [2.05, 4.69) is 15.5 Å². The fraction of sp³-hybridized carbons (Fsp3) is 0.211. The molecule has 0 spiro atoms. The first kappa shape index (κ1) is 18.6. The first-order valence-electron chi connectivity index (χ1n) is 8.09. The van der Waals surface area contributed by atoms with Gasteiger partial charge in [-0.2, -0.15) is 13.2 Å². The second-order valence-electron chi connectivity index (χ2n) is 6.14. The maximum Gasteiger partial charge on any atom is 0.416 e. The van der Waals surface area contributed by atoms with E-state index in [9.17, 15) is 18.0 Å². The van der Waals surface area contributed by atoms with Crippen molar-refractivity contribution in [2.45, 2.75) is 26.4 Å². The monoisotopic (exact) mass is 375 g/mol. The van der Waals surface area contributed by atoms with E-state index in [4.69, 9.17) is 4.42 Å². The second-order valence-corrected chi connectivity index (χ2v) is 6.14. The molecule has 5 nitrogen and oxygen atoms in total. The van der Waals surface area contributed by atoms with Crippen molar-refractivity contribution in [1.29, 1.82) is 0 Å². The van der Waals surface area contributed by atoms with Crippen LogP contribution < -0.4 is 5.32 Å². The third-order valence-electron chi connectivity index (χ3n) is 4.00. The average molecular weight is 375 g/mol. The van der Waals surface area contributed by atoms with Crippen molar-refractivity contribution in [3.05, 3.63) is 76.2 Å². The SMILES string of the molecule is Cc1ccc(Cc2nnc(NC(=O)c3ccc(C(F)(F)F)cc3)o2)c(C)c1. The number of benzene rings is 2. The van der Waals surface area contributed by atoms with Crippen LogP contribution in [0.25, 0.3) is 0 Å². The Kier molecular flexibility index (Phi) is 4.98. The number of aryl methyl sites for hydroxylation is 2. The summed E-state index contributed by atoms with van der Waals surface area (Å²) in [5, 5.41) is 10.0. The van der Waals surface area contributed by atoms with E-state index in [0.29, 0.717) is 12.3 Å². The van der Waals surface area contributed by atoms with E-state index in [1.165, 1.54) is 0 Å². The highest BCUT2D eigenvalue weighted by atomic mass is 19.4. The van der Waals surface area contributed by atoms with E-state index in [1.54, 1.807) is 0 Å². The predicted molar refractivity (Wildman–Crippen MR) is 92.4 cm³/mol. The Morgan fingerprint density at radius 1 is 1.07 bits per heavy atom. The largest absolute Gasteiger partial charge is 0.416 e. The van der Waals surface area contributed by atoms with Crippen molar-refractivity contribution in [2.75, 3.05) is 5.32 Å². The number of amides is 1. The molecule has 0 aliphatic rings. The highest BCUT2D eigenvalue weighted by molar-refractivity contribution is 6.03. The highest BCUT2D eigenvalue weighted by Gasteiger charge is 2.30. The zero-order chi connectivity index (χ0) is 19.6. The van der Waals surface area contributed by atoms with Crippen molar-refractivity contribution in [2.24, 2.45) is 0 Å². The summed E-state index contributed by atoms with van der Waals surface area (Å²) in [7, 11) is 0. The summed E-state index contributed by atoms with van der Waals surface area (Å²) in [6.07, 6.45) is -4.04. The maximum absolute atomic E-state index is 12.6. The van der Waals surface area contributed by atoms with Crippen molar-refractivity contribution in [3.63, 3.8) is 0 Å². The van der Waals surface area contributed by atoms with E-state index >= 15 is 0 Å². The highest BCUT2D eigenvalue weighted by Crippen LogP contribution is 2.29. The molecule has 1 amide bonds. The van der Waals surface area contributed by atoms with Gasteiger partial charge in [-0.05, 0) is 49.2 Å². The molecule has 0 aliphatic carbocycles. The van der Waals surface area contributed by atoms with Crippen LogP contribution in [0.2, 0.25) is 0 Å². The number of hydrogen-bond donors (Lipinski definition) is 1. The summed E-state index contributed by atoms with van der Waals surface area (Å²) >= 11 is 0. The molecular weight excluding hydrogens is 359 g/mol. The number of rotatable bonds is 4. The normalized spacial score (nSPS) is 11.4. The fourth-order valence-electron chi connectivity index (χ4n) is 2.56. The number of nitrogens with zero attached hydrogens (tertiary/aromatic N) is 2. The number of halogens is 3. The molecule has 0 bridgehead atoms. The summed E-state index contributed by atoms with van der Waals surface area (Å²) < 4.78 is 43.1. The van der Waals surface area contributed by atoms with Crippen molar-refractivity contribution >= 4 is 11.9 Å². The minimum Gasteiger partial charge on any atom is -0.407 e. The van der Waals surface area contributed by atoms with Gasteiger partial charge in [0.15, 0.2) is 0 Å². The van der Waals surface area contributed by atoms with Gasteiger partial charge in [-0.15, -0.1) is 5.10 Å². The summed E-state index contributed by atoms with van der Waals surface area (Å²) in [5.41, 5.74) is 2.48. The van der Waals surface area contributed by atoms with Gasteiger partial charge in [-0.25, -0.2) is 0 Å².